The topological polar surface area (TPSA) is 35.6 Å². The molecule has 0 aromatic heterocycles. The van der Waals surface area contributed by atoms with E-state index in [1.54, 1.807) is 0 Å². The molecule has 0 atom stereocenters. The number of likely N-dealkylation sites (tertiary alicyclic amines) is 1. The summed E-state index contributed by atoms with van der Waals surface area (Å²) in [6.07, 6.45) is 2.90. The minimum Gasteiger partial charge on any atom is -0.384 e. The molecule has 2 rings (SSSR count). The number of benzene rings is 1. The van der Waals surface area contributed by atoms with Crippen molar-refractivity contribution in [2.75, 3.05) is 42.9 Å². The van der Waals surface area contributed by atoms with Gasteiger partial charge < -0.3 is 15.1 Å². The summed E-state index contributed by atoms with van der Waals surface area (Å²) in [5, 5.41) is 3.40. The highest BCUT2D eigenvalue weighted by Gasteiger charge is 2.17. The molecule has 1 saturated heterocycles. The first-order valence-electron chi connectivity index (χ1n) is 8.53. The number of rotatable bonds is 7. The molecule has 4 heteroatoms. The fraction of sp³-hybridized carbons (Fsp3) is 0.611. The molecule has 0 unspecified atom stereocenters. The Bertz CT molecular complexity index is 491. The largest absolute Gasteiger partial charge is 0.384 e. The Labute approximate surface area is 134 Å². The number of anilines is 2. The highest BCUT2D eigenvalue weighted by molar-refractivity contribution is 5.77. The Balaban J connectivity index is 1.86. The van der Waals surface area contributed by atoms with Crippen LogP contribution in [0.5, 0.6) is 0 Å². The molecule has 0 aliphatic carbocycles. The summed E-state index contributed by atoms with van der Waals surface area (Å²) < 4.78 is 0. The molecule has 0 saturated carbocycles. The van der Waals surface area contributed by atoms with E-state index in [4.69, 9.17) is 0 Å². The Kier molecular flexibility index (Phi) is 6.10. The summed E-state index contributed by atoms with van der Waals surface area (Å²) in [6.45, 7) is 11.1. The number of carbonyl (C=O) groups is 1. The highest BCUT2D eigenvalue weighted by Crippen LogP contribution is 2.22. The van der Waals surface area contributed by atoms with E-state index in [9.17, 15) is 4.79 Å². The van der Waals surface area contributed by atoms with Crippen molar-refractivity contribution in [3.63, 3.8) is 0 Å². The summed E-state index contributed by atoms with van der Waals surface area (Å²) in [4.78, 5) is 16.3. The Morgan fingerprint density at radius 1 is 1.23 bits per heavy atom. The molecule has 0 radical (unpaired) electrons. The maximum atomic E-state index is 12.0. The van der Waals surface area contributed by atoms with Crippen LogP contribution in [0.4, 0.5) is 11.4 Å². The third-order valence-corrected chi connectivity index (χ3v) is 4.45. The number of hydrogen-bond donors (Lipinski definition) is 1. The van der Waals surface area contributed by atoms with Gasteiger partial charge in [-0.1, -0.05) is 0 Å². The minimum atomic E-state index is 0.280. The molecule has 1 fully saturated rings. The maximum Gasteiger partial charge on any atom is 0.224 e. The Hall–Kier alpha value is -1.71. The third-order valence-electron chi connectivity index (χ3n) is 4.45. The molecule has 4 nitrogen and oxygen atoms in total. The first-order chi connectivity index (χ1) is 10.7. The molecule has 1 aliphatic heterocycles. The van der Waals surface area contributed by atoms with Gasteiger partial charge in [-0.25, -0.2) is 0 Å². The highest BCUT2D eigenvalue weighted by atomic mass is 16.2. The first-order valence-corrected chi connectivity index (χ1v) is 8.53. The minimum absolute atomic E-state index is 0.280. The molecular weight excluding hydrogens is 274 g/mol. The molecule has 0 bridgehead atoms. The van der Waals surface area contributed by atoms with Crippen molar-refractivity contribution in [2.45, 2.75) is 40.0 Å². The lowest BCUT2D eigenvalue weighted by Crippen LogP contribution is -2.29. The van der Waals surface area contributed by atoms with Crippen molar-refractivity contribution in [1.82, 2.24) is 4.90 Å². The van der Waals surface area contributed by atoms with Crippen LogP contribution in [0.2, 0.25) is 0 Å². The molecule has 1 aromatic rings. The van der Waals surface area contributed by atoms with E-state index in [0.29, 0.717) is 13.0 Å². The lowest BCUT2D eigenvalue weighted by Gasteiger charge is -2.22. The van der Waals surface area contributed by atoms with Crippen LogP contribution in [0.25, 0.3) is 0 Å². The van der Waals surface area contributed by atoms with Crippen LogP contribution >= 0.6 is 0 Å². The molecule has 0 spiro atoms. The number of aryl methyl sites for hydroxylation is 1. The van der Waals surface area contributed by atoms with Gasteiger partial charge in [0.05, 0.1) is 0 Å². The fourth-order valence-corrected chi connectivity index (χ4v) is 3.06. The Morgan fingerprint density at radius 2 is 1.91 bits per heavy atom. The van der Waals surface area contributed by atoms with E-state index in [-0.39, 0.29) is 5.91 Å². The van der Waals surface area contributed by atoms with Crippen molar-refractivity contribution in [2.24, 2.45) is 0 Å². The summed E-state index contributed by atoms with van der Waals surface area (Å²) in [6, 6.07) is 6.51. The van der Waals surface area contributed by atoms with Crippen molar-refractivity contribution in [1.29, 1.82) is 0 Å². The zero-order chi connectivity index (χ0) is 15.9. The number of nitrogens with zero attached hydrogens (tertiary/aromatic N) is 2. The zero-order valence-corrected chi connectivity index (χ0v) is 14.2. The summed E-state index contributed by atoms with van der Waals surface area (Å²) in [5.74, 6) is 0.280. The van der Waals surface area contributed by atoms with Crippen molar-refractivity contribution >= 4 is 17.3 Å². The molecule has 1 aromatic carbocycles. The molecule has 1 amide bonds. The van der Waals surface area contributed by atoms with Gasteiger partial charge in [0.25, 0.3) is 0 Å². The van der Waals surface area contributed by atoms with E-state index >= 15 is 0 Å². The quantitative estimate of drug-likeness (QED) is 0.840. The Morgan fingerprint density at radius 3 is 2.50 bits per heavy atom. The fourth-order valence-electron chi connectivity index (χ4n) is 3.06. The van der Waals surface area contributed by atoms with Crippen LogP contribution in [-0.4, -0.2) is 43.5 Å². The second-order valence-corrected chi connectivity index (χ2v) is 5.94. The first kappa shape index (κ1) is 16.7. The monoisotopic (exact) mass is 303 g/mol. The molecule has 122 valence electrons. The standard InChI is InChI=1S/C18H29N3O/c1-4-20(5-2)16-8-9-17(15(3)14-16)19-11-10-18(22)21-12-6-7-13-21/h8-9,14,19H,4-7,10-13H2,1-3H3. The summed E-state index contributed by atoms with van der Waals surface area (Å²) >= 11 is 0. The molecule has 1 heterocycles. The number of hydrogen-bond acceptors (Lipinski definition) is 3. The maximum absolute atomic E-state index is 12.0. The molecule has 1 N–H and O–H groups in total. The van der Waals surface area contributed by atoms with Gasteiger partial charge in [0.15, 0.2) is 0 Å². The molecular formula is C18H29N3O. The van der Waals surface area contributed by atoms with E-state index in [1.807, 2.05) is 4.90 Å². The second kappa shape index (κ2) is 8.06. The van der Waals surface area contributed by atoms with Gasteiger partial charge in [-0.05, 0) is 57.4 Å². The van der Waals surface area contributed by atoms with Gasteiger partial charge in [0.2, 0.25) is 5.91 Å². The van der Waals surface area contributed by atoms with Crippen LogP contribution < -0.4 is 10.2 Å². The number of carbonyl (C=O) groups excluding carboxylic acids is 1. The number of amides is 1. The predicted octanol–water partition coefficient (Wildman–Crippen LogP) is 3.27. The van der Waals surface area contributed by atoms with Gasteiger partial charge in [-0.15, -0.1) is 0 Å². The SMILES string of the molecule is CCN(CC)c1ccc(NCCC(=O)N2CCCC2)c(C)c1. The average Bonchev–Trinajstić information content (AvgIpc) is 3.05. The van der Waals surface area contributed by atoms with Crippen LogP contribution in [0, 0.1) is 6.92 Å². The van der Waals surface area contributed by atoms with Gasteiger partial charge in [0, 0.05) is 50.5 Å². The van der Waals surface area contributed by atoms with E-state index < -0.39 is 0 Å². The van der Waals surface area contributed by atoms with E-state index in [1.165, 1.54) is 11.3 Å². The summed E-state index contributed by atoms with van der Waals surface area (Å²) in [7, 11) is 0. The molecule has 22 heavy (non-hydrogen) atoms. The van der Waals surface area contributed by atoms with Gasteiger partial charge in [-0.2, -0.15) is 0 Å². The van der Waals surface area contributed by atoms with Crippen LogP contribution in [0.1, 0.15) is 38.7 Å². The normalized spacial score (nSPS) is 14.2. The molecule has 1 aliphatic rings. The second-order valence-electron chi connectivity index (χ2n) is 5.94. The van der Waals surface area contributed by atoms with Crippen molar-refractivity contribution in [3.8, 4) is 0 Å². The van der Waals surface area contributed by atoms with E-state index in [2.05, 4.69) is 49.2 Å². The average molecular weight is 303 g/mol. The lowest BCUT2D eigenvalue weighted by molar-refractivity contribution is -0.129. The zero-order valence-electron chi connectivity index (χ0n) is 14.2. The van der Waals surface area contributed by atoms with E-state index in [0.717, 1.165) is 44.7 Å². The smallest absolute Gasteiger partial charge is 0.224 e. The number of nitrogens with one attached hydrogen (secondary N) is 1. The van der Waals surface area contributed by atoms with Gasteiger partial charge in [-0.3, -0.25) is 4.79 Å². The third kappa shape index (κ3) is 4.15. The van der Waals surface area contributed by atoms with Gasteiger partial charge >= 0.3 is 0 Å². The lowest BCUT2D eigenvalue weighted by atomic mass is 10.1. The van der Waals surface area contributed by atoms with Crippen LogP contribution in [0.15, 0.2) is 18.2 Å². The van der Waals surface area contributed by atoms with Crippen molar-refractivity contribution < 1.29 is 4.79 Å². The summed E-state index contributed by atoms with van der Waals surface area (Å²) in [5.41, 5.74) is 3.63. The van der Waals surface area contributed by atoms with Crippen molar-refractivity contribution in [3.05, 3.63) is 23.8 Å². The van der Waals surface area contributed by atoms with Crippen LogP contribution in [-0.2, 0) is 4.79 Å². The van der Waals surface area contributed by atoms with Gasteiger partial charge in [0.1, 0.15) is 0 Å². The predicted molar refractivity (Wildman–Crippen MR) is 93.7 cm³/mol. The van der Waals surface area contributed by atoms with Crippen LogP contribution in [0.3, 0.4) is 0 Å².